The summed E-state index contributed by atoms with van der Waals surface area (Å²) in [6.45, 7) is 0.211. The van der Waals surface area contributed by atoms with Crippen LogP contribution in [0, 0.1) is 0 Å². The van der Waals surface area contributed by atoms with Crippen LogP contribution in [0.5, 0.6) is 0 Å². The van der Waals surface area contributed by atoms with Gasteiger partial charge in [0.1, 0.15) is 0 Å². The zero-order valence-electron chi connectivity index (χ0n) is 8.16. The fourth-order valence-electron chi connectivity index (χ4n) is 2.00. The minimum absolute atomic E-state index is 0.211. The standard InChI is InChI=1S/C12H11NOS/c14-5-4-8-6-9-2-1-3-10-12(9)11(7-8)15-13-10/h1-3,6-7,13-14H,4-5H2. The quantitative estimate of drug-likeness (QED) is 0.759. The maximum Gasteiger partial charge on any atom is 0.0533 e. The van der Waals surface area contributed by atoms with Crippen molar-refractivity contribution in [1.82, 2.24) is 0 Å². The van der Waals surface area contributed by atoms with E-state index in [0.717, 1.165) is 6.42 Å². The maximum atomic E-state index is 8.95. The first-order chi connectivity index (χ1) is 7.38. The molecule has 0 fully saturated rings. The van der Waals surface area contributed by atoms with Crippen LogP contribution in [0.4, 0.5) is 5.69 Å². The lowest BCUT2D eigenvalue weighted by Gasteiger charge is -2.03. The molecule has 3 rings (SSSR count). The van der Waals surface area contributed by atoms with Gasteiger partial charge in [0.2, 0.25) is 0 Å². The molecule has 2 nitrogen and oxygen atoms in total. The number of anilines is 1. The van der Waals surface area contributed by atoms with Crippen molar-refractivity contribution < 1.29 is 5.11 Å². The first kappa shape index (κ1) is 9.07. The van der Waals surface area contributed by atoms with E-state index in [2.05, 4.69) is 35.1 Å². The van der Waals surface area contributed by atoms with Gasteiger partial charge in [0.25, 0.3) is 0 Å². The number of aliphatic hydroxyl groups excluding tert-OH is 1. The van der Waals surface area contributed by atoms with Crippen molar-refractivity contribution in [2.75, 3.05) is 11.3 Å². The van der Waals surface area contributed by atoms with E-state index in [1.54, 1.807) is 11.9 Å². The topological polar surface area (TPSA) is 32.3 Å². The predicted molar refractivity (Wildman–Crippen MR) is 64.2 cm³/mol. The highest BCUT2D eigenvalue weighted by molar-refractivity contribution is 8.01. The van der Waals surface area contributed by atoms with Crippen LogP contribution in [0.15, 0.2) is 35.2 Å². The van der Waals surface area contributed by atoms with Gasteiger partial charge in [-0.2, -0.15) is 0 Å². The molecule has 2 N–H and O–H groups in total. The summed E-state index contributed by atoms with van der Waals surface area (Å²) in [6, 6.07) is 10.6. The highest BCUT2D eigenvalue weighted by Crippen LogP contribution is 2.41. The zero-order valence-corrected chi connectivity index (χ0v) is 8.97. The van der Waals surface area contributed by atoms with Crippen molar-refractivity contribution in [2.24, 2.45) is 0 Å². The van der Waals surface area contributed by atoms with Gasteiger partial charge in [0, 0.05) is 16.9 Å². The molecule has 0 radical (unpaired) electrons. The third kappa shape index (κ3) is 1.39. The fourth-order valence-corrected chi connectivity index (χ4v) is 2.93. The number of aliphatic hydroxyl groups is 1. The van der Waals surface area contributed by atoms with E-state index in [4.69, 9.17) is 5.11 Å². The Bertz CT molecular complexity index is 524. The molecule has 0 bridgehead atoms. The summed E-state index contributed by atoms with van der Waals surface area (Å²) in [6.07, 6.45) is 0.730. The van der Waals surface area contributed by atoms with Gasteiger partial charge in [-0.3, -0.25) is 0 Å². The average Bonchev–Trinajstić information content (AvgIpc) is 2.64. The minimum atomic E-state index is 0.211. The molecular weight excluding hydrogens is 206 g/mol. The smallest absolute Gasteiger partial charge is 0.0533 e. The SMILES string of the molecule is OCCc1cc2c3c(cccc3c1)NS2. The van der Waals surface area contributed by atoms with E-state index < -0.39 is 0 Å². The molecule has 0 aromatic heterocycles. The molecule has 2 aromatic carbocycles. The highest BCUT2D eigenvalue weighted by Gasteiger charge is 2.14. The van der Waals surface area contributed by atoms with Gasteiger partial charge in [0.05, 0.1) is 5.69 Å². The van der Waals surface area contributed by atoms with Crippen LogP contribution in [-0.4, -0.2) is 11.7 Å². The number of benzene rings is 2. The number of rotatable bonds is 2. The van der Waals surface area contributed by atoms with Gasteiger partial charge in [0.15, 0.2) is 0 Å². The Morgan fingerprint density at radius 2 is 2.20 bits per heavy atom. The summed E-state index contributed by atoms with van der Waals surface area (Å²) >= 11 is 1.65. The van der Waals surface area contributed by atoms with Crippen molar-refractivity contribution in [3.63, 3.8) is 0 Å². The molecule has 0 spiro atoms. The Morgan fingerprint density at radius 1 is 1.27 bits per heavy atom. The second-order valence-corrected chi connectivity index (χ2v) is 4.52. The van der Waals surface area contributed by atoms with Gasteiger partial charge in [-0.1, -0.05) is 18.2 Å². The number of hydrogen-bond donors (Lipinski definition) is 2. The summed E-state index contributed by atoms with van der Waals surface area (Å²) in [5, 5.41) is 11.5. The summed E-state index contributed by atoms with van der Waals surface area (Å²) in [7, 11) is 0. The Morgan fingerprint density at radius 3 is 3.07 bits per heavy atom. The molecule has 3 heteroatoms. The molecule has 1 aliphatic rings. The van der Waals surface area contributed by atoms with Crippen molar-refractivity contribution in [3.05, 3.63) is 35.9 Å². The van der Waals surface area contributed by atoms with E-state index in [1.165, 1.54) is 26.9 Å². The molecule has 76 valence electrons. The second-order valence-electron chi connectivity index (χ2n) is 3.68. The third-order valence-electron chi connectivity index (χ3n) is 2.67. The molecule has 0 saturated heterocycles. The molecule has 0 atom stereocenters. The lowest BCUT2D eigenvalue weighted by atomic mass is 10.0. The Hall–Kier alpha value is -1.19. The average molecular weight is 217 g/mol. The van der Waals surface area contributed by atoms with Crippen LogP contribution in [-0.2, 0) is 6.42 Å². The molecule has 1 heterocycles. The van der Waals surface area contributed by atoms with Gasteiger partial charge in [-0.05, 0) is 41.5 Å². The van der Waals surface area contributed by atoms with Crippen LogP contribution in [0.25, 0.3) is 10.8 Å². The zero-order chi connectivity index (χ0) is 10.3. The molecule has 15 heavy (non-hydrogen) atoms. The van der Waals surface area contributed by atoms with Crippen molar-refractivity contribution in [1.29, 1.82) is 0 Å². The summed E-state index contributed by atoms with van der Waals surface area (Å²) in [5.74, 6) is 0. The Balaban J connectivity index is 2.26. The van der Waals surface area contributed by atoms with E-state index in [9.17, 15) is 0 Å². The molecular formula is C12H11NOS. The summed E-state index contributed by atoms with van der Waals surface area (Å²) in [5.41, 5.74) is 2.40. The molecule has 0 amide bonds. The summed E-state index contributed by atoms with van der Waals surface area (Å²) in [4.78, 5) is 1.27. The van der Waals surface area contributed by atoms with Crippen molar-refractivity contribution >= 4 is 28.4 Å². The van der Waals surface area contributed by atoms with Crippen molar-refractivity contribution in [2.45, 2.75) is 11.3 Å². The van der Waals surface area contributed by atoms with E-state index in [1.807, 2.05) is 0 Å². The van der Waals surface area contributed by atoms with Crippen LogP contribution >= 0.6 is 11.9 Å². The largest absolute Gasteiger partial charge is 0.396 e. The van der Waals surface area contributed by atoms with Gasteiger partial charge < -0.3 is 9.83 Å². The van der Waals surface area contributed by atoms with E-state index in [-0.39, 0.29) is 6.61 Å². The second kappa shape index (κ2) is 3.43. The highest BCUT2D eigenvalue weighted by atomic mass is 32.2. The van der Waals surface area contributed by atoms with Gasteiger partial charge in [-0.25, -0.2) is 0 Å². The number of hydrogen-bond acceptors (Lipinski definition) is 3. The molecule has 2 aromatic rings. The molecule has 0 saturated carbocycles. The number of nitrogens with one attached hydrogen (secondary N) is 1. The van der Waals surface area contributed by atoms with Crippen LogP contribution in [0.1, 0.15) is 5.56 Å². The van der Waals surface area contributed by atoms with Crippen LogP contribution in [0.2, 0.25) is 0 Å². The Kier molecular flexibility index (Phi) is 2.08. The summed E-state index contributed by atoms with van der Waals surface area (Å²) < 4.78 is 3.30. The van der Waals surface area contributed by atoms with E-state index >= 15 is 0 Å². The van der Waals surface area contributed by atoms with Crippen molar-refractivity contribution in [3.8, 4) is 0 Å². The third-order valence-corrected chi connectivity index (χ3v) is 3.54. The first-order valence-corrected chi connectivity index (χ1v) is 5.79. The van der Waals surface area contributed by atoms with Crippen LogP contribution in [0.3, 0.4) is 0 Å². The molecule has 0 aliphatic carbocycles. The lowest BCUT2D eigenvalue weighted by molar-refractivity contribution is 0.299. The predicted octanol–water partition coefficient (Wildman–Crippen LogP) is 2.81. The lowest BCUT2D eigenvalue weighted by Crippen LogP contribution is -1.90. The first-order valence-electron chi connectivity index (χ1n) is 4.98. The molecule has 0 unspecified atom stereocenters. The maximum absolute atomic E-state index is 8.95. The van der Waals surface area contributed by atoms with Crippen LogP contribution < -0.4 is 4.72 Å². The van der Waals surface area contributed by atoms with E-state index in [0.29, 0.717) is 0 Å². The molecule has 1 aliphatic heterocycles. The van der Waals surface area contributed by atoms with Gasteiger partial charge >= 0.3 is 0 Å². The normalized spacial score (nSPS) is 13.1. The Labute approximate surface area is 92.4 Å². The van der Waals surface area contributed by atoms with Gasteiger partial charge in [-0.15, -0.1) is 0 Å². The monoisotopic (exact) mass is 217 g/mol. The fraction of sp³-hybridized carbons (Fsp3) is 0.167. The minimum Gasteiger partial charge on any atom is -0.396 e.